The van der Waals surface area contributed by atoms with Gasteiger partial charge in [0.25, 0.3) is 0 Å². The molecule has 1 aromatic carbocycles. The Labute approximate surface area is 100.0 Å². The lowest BCUT2D eigenvalue weighted by Crippen LogP contribution is -2.20. The van der Waals surface area contributed by atoms with Gasteiger partial charge in [0, 0.05) is 0 Å². The first-order chi connectivity index (χ1) is 7.72. The van der Waals surface area contributed by atoms with Gasteiger partial charge in [-0.1, -0.05) is 23.6 Å². The van der Waals surface area contributed by atoms with Crippen LogP contribution in [-0.2, 0) is 0 Å². The van der Waals surface area contributed by atoms with E-state index in [1.165, 1.54) is 0 Å². The summed E-state index contributed by atoms with van der Waals surface area (Å²) in [5.74, 6) is 3.00. The Hall–Kier alpha value is -1.68. The highest BCUT2D eigenvalue weighted by Gasteiger charge is 2.11. The molecule has 0 aliphatic heterocycles. The maximum Gasteiger partial charge on any atom is 0.137 e. The summed E-state index contributed by atoms with van der Waals surface area (Å²) in [6.45, 7) is 0.335. The van der Waals surface area contributed by atoms with E-state index in [2.05, 4.69) is 17.3 Å². The maximum atomic E-state index is 8.97. The fourth-order valence-corrected chi connectivity index (χ4v) is 1.53. The zero-order valence-corrected chi connectivity index (χ0v) is 9.58. The van der Waals surface area contributed by atoms with Gasteiger partial charge in [-0.05, 0) is 17.7 Å². The molecule has 0 aliphatic rings. The lowest BCUT2D eigenvalue weighted by atomic mass is 10.1. The Morgan fingerprint density at radius 1 is 1.62 bits per heavy atom. The largest absolute Gasteiger partial charge is 0.495 e. The smallest absolute Gasteiger partial charge is 0.137 e. The van der Waals surface area contributed by atoms with Crippen molar-refractivity contribution in [3.63, 3.8) is 0 Å². The van der Waals surface area contributed by atoms with Crippen molar-refractivity contribution in [2.24, 2.45) is 0 Å². The minimum atomic E-state index is -0.459. The van der Waals surface area contributed by atoms with Crippen LogP contribution in [0.5, 0.6) is 5.75 Å². The van der Waals surface area contributed by atoms with E-state index in [0.717, 1.165) is 5.56 Å². The molecule has 16 heavy (non-hydrogen) atoms. The van der Waals surface area contributed by atoms with Crippen LogP contribution < -0.4 is 10.1 Å². The number of nitrogens with one attached hydrogen (secondary N) is 1. The first-order valence-corrected chi connectivity index (χ1v) is 5.00. The summed E-state index contributed by atoms with van der Waals surface area (Å²) in [5.41, 5.74) is 0.767. The van der Waals surface area contributed by atoms with E-state index >= 15 is 0 Å². The first kappa shape index (κ1) is 12.4. The molecule has 0 amide bonds. The number of rotatable bonds is 4. The van der Waals surface area contributed by atoms with Gasteiger partial charge in [-0.3, -0.25) is 5.32 Å². The molecular weight excluding hydrogens is 224 g/mol. The predicted molar refractivity (Wildman–Crippen MR) is 63.2 cm³/mol. The number of hydrogen-bond donors (Lipinski definition) is 1. The fourth-order valence-electron chi connectivity index (χ4n) is 1.26. The van der Waals surface area contributed by atoms with E-state index in [1.807, 2.05) is 0 Å². The van der Waals surface area contributed by atoms with Gasteiger partial charge < -0.3 is 4.74 Å². The summed E-state index contributed by atoms with van der Waals surface area (Å²) in [4.78, 5) is 0. The number of ether oxygens (including phenoxy) is 1. The third kappa shape index (κ3) is 2.90. The van der Waals surface area contributed by atoms with Crippen molar-refractivity contribution in [1.82, 2.24) is 5.32 Å². The monoisotopic (exact) mass is 234 g/mol. The highest BCUT2D eigenvalue weighted by Crippen LogP contribution is 2.27. The average Bonchev–Trinajstić information content (AvgIpc) is 2.30. The third-order valence-corrected chi connectivity index (χ3v) is 2.34. The van der Waals surface area contributed by atoms with Crippen molar-refractivity contribution in [3.05, 3.63) is 28.8 Å². The summed E-state index contributed by atoms with van der Waals surface area (Å²) in [6.07, 6.45) is 5.12. The average molecular weight is 235 g/mol. The molecule has 0 spiro atoms. The number of methoxy groups -OCH3 is 1. The summed E-state index contributed by atoms with van der Waals surface area (Å²) in [6, 6.07) is 6.85. The second-order valence-corrected chi connectivity index (χ2v) is 3.45. The normalized spacial score (nSPS) is 11.2. The van der Waals surface area contributed by atoms with Crippen LogP contribution in [0, 0.1) is 23.7 Å². The molecule has 1 rings (SSSR count). The third-order valence-electron chi connectivity index (χ3n) is 2.05. The van der Waals surface area contributed by atoms with Crippen LogP contribution >= 0.6 is 11.6 Å². The lowest BCUT2D eigenvalue weighted by Gasteiger charge is -2.11. The Morgan fingerprint density at radius 2 is 2.38 bits per heavy atom. The lowest BCUT2D eigenvalue weighted by molar-refractivity contribution is 0.414. The molecule has 0 heterocycles. The number of nitriles is 1. The fraction of sp³-hybridized carbons (Fsp3) is 0.250. The Morgan fingerprint density at radius 3 is 2.88 bits per heavy atom. The zero-order chi connectivity index (χ0) is 12.0. The van der Waals surface area contributed by atoms with Crippen LogP contribution in [0.1, 0.15) is 11.6 Å². The molecule has 0 bridgehead atoms. The van der Waals surface area contributed by atoms with Crippen LogP contribution in [0.3, 0.4) is 0 Å². The molecule has 3 nitrogen and oxygen atoms in total. The maximum absolute atomic E-state index is 8.97. The minimum Gasteiger partial charge on any atom is -0.495 e. The van der Waals surface area contributed by atoms with Crippen LogP contribution in [0.25, 0.3) is 0 Å². The van der Waals surface area contributed by atoms with Crippen molar-refractivity contribution in [1.29, 1.82) is 5.26 Å². The van der Waals surface area contributed by atoms with Gasteiger partial charge in [0.1, 0.15) is 11.8 Å². The molecule has 0 radical (unpaired) electrons. The standard InChI is InChI=1S/C12H11ClN2O/c1-3-6-15-11(8-14)9-4-5-12(16-2)10(13)7-9/h1,4-5,7,11,15H,6H2,2H3. The summed E-state index contributed by atoms with van der Waals surface area (Å²) < 4.78 is 5.03. The van der Waals surface area contributed by atoms with Crippen molar-refractivity contribution in [2.45, 2.75) is 6.04 Å². The quantitative estimate of drug-likeness (QED) is 0.812. The second-order valence-electron chi connectivity index (χ2n) is 3.04. The highest BCUT2D eigenvalue weighted by atomic mass is 35.5. The van der Waals surface area contributed by atoms with E-state index < -0.39 is 6.04 Å². The second kappa shape index (κ2) is 6.02. The summed E-state index contributed by atoms with van der Waals surface area (Å²) in [7, 11) is 1.54. The van der Waals surface area contributed by atoms with Crippen molar-refractivity contribution in [2.75, 3.05) is 13.7 Å². The molecule has 0 saturated carbocycles. The van der Waals surface area contributed by atoms with Crippen LogP contribution in [0.2, 0.25) is 5.02 Å². The Balaban J connectivity index is 2.91. The van der Waals surface area contributed by atoms with Crippen LogP contribution in [-0.4, -0.2) is 13.7 Å². The van der Waals surface area contributed by atoms with Gasteiger partial charge >= 0.3 is 0 Å². The van der Waals surface area contributed by atoms with E-state index in [0.29, 0.717) is 17.3 Å². The molecule has 1 aromatic rings. The highest BCUT2D eigenvalue weighted by molar-refractivity contribution is 6.32. The molecule has 1 unspecified atom stereocenters. The van der Waals surface area contributed by atoms with Gasteiger partial charge in [0.05, 0.1) is 24.7 Å². The number of hydrogen-bond acceptors (Lipinski definition) is 3. The van der Waals surface area contributed by atoms with Crippen LogP contribution in [0.15, 0.2) is 18.2 Å². The number of halogens is 1. The van der Waals surface area contributed by atoms with Crippen molar-refractivity contribution >= 4 is 11.6 Å². The van der Waals surface area contributed by atoms with E-state index in [-0.39, 0.29) is 0 Å². The molecular formula is C12H11ClN2O. The SMILES string of the molecule is C#CCNC(C#N)c1ccc(OC)c(Cl)c1. The van der Waals surface area contributed by atoms with E-state index in [9.17, 15) is 0 Å². The number of terminal acetylenes is 1. The van der Waals surface area contributed by atoms with Gasteiger partial charge in [0.15, 0.2) is 0 Å². The predicted octanol–water partition coefficient (Wildman–Crippen LogP) is 2.14. The van der Waals surface area contributed by atoms with E-state index in [1.54, 1.807) is 25.3 Å². The Bertz CT molecular complexity index is 445. The first-order valence-electron chi connectivity index (χ1n) is 4.62. The van der Waals surface area contributed by atoms with Gasteiger partial charge in [-0.15, -0.1) is 6.42 Å². The topological polar surface area (TPSA) is 45.0 Å². The molecule has 82 valence electrons. The van der Waals surface area contributed by atoms with Crippen molar-refractivity contribution in [3.8, 4) is 24.2 Å². The summed E-state index contributed by atoms with van der Waals surface area (Å²) in [5, 5.41) is 12.3. The van der Waals surface area contributed by atoms with Crippen molar-refractivity contribution < 1.29 is 4.74 Å². The van der Waals surface area contributed by atoms with Gasteiger partial charge in [-0.25, -0.2) is 0 Å². The molecule has 0 aromatic heterocycles. The number of benzene rings is 1. The minimum absolute atomic E-state index is 0.335. The van der Waals surface area contributed by atoms with Gasteiger partial charge in [-0.2, -0.15) is 5.26 Å². The van der Waals surface area contributed by atoms with Crippen LogP contribution in [0.4, 0.5) is 0 Å². The zero-order valence-electron chi connectivity index (χ0n) is 8.83. The molecule has 0 aliphatic carbocycles. The Kier molecular flexibility index (Phi) is 4.66. The summed E-state index contributed by atoms with van der Waals surface area (Å²) >= 11 is 5.96. The van der Waals surface area contributed by atoms with Gasteiger partial charge in [0.2, 0.25) is 0 Å². The van der Waals surface area contributed by atoms with E-state index in [4.69, 9.17) is 28.0 Å². The molecule has 0 fully saturated rings. The molecule has 1 N–H and O–H groups in total. The number of nitrogens with zero attached hydrogens (tertiary/aromatic N) is 1. The molecule has 1 atom stereocenters. The molecule has 0 saturated heterocycles. The molecule has 4 heteroatoms.